The Morgan fingerprint density at radius 1 is 1.50 bits per heavy atom. The molecule has 0 heterocycles. The highest BCUT2D eigenvalue weighted by atomic mass is 19.3. The molecule has 1 amide bonds. The van der Waals surface area contributed by atoms with Gasteiger partial charge in [-0.25, -0.2) is 8.78 Å². The van der Waals surface area contributed by atoms with Crippen molar-refractivity contribution in [1.29, 1.82) is 0 Å². The van der Waals surface area contributed by atoms with Crippen molar-refractivity contribution in [2.45, 2.75) is 6.43 Å². The molecule has 76 valence electrons. The van der Waals surface area contributed by atoms with Crippen LogP contribution in [0, 0.1) is 0 Å². The zero-order chi connectivity index (χ0) is 10.6. The first-order chi connectivity index (χ1) is 6.59. The number of rotatable bonds is 4. The molecule has 5 heteroatoms. The number of alkyl halides is 2. The van der Waals surface area contributed by atoms with Crippen molar-refractivity contribution in [1.82, 2.24) is 0 Å². The molecule has 0 saturated carbocycles. The number of nitrogens with two attached hydrogens (primary N) is 1. The van der Waals surface area contributed by atoms with Crippen LogP contribution in [0.5, 0.6) is 5.75 Å². The minimum absolute atomic E-state index is 0.210. The Kier molecular flexibility index (Phi) is 3.39. The summed E-state index contributed by atoms with van der Waals surface area (Å²) in [5.74, 6) is -0.408. The van der Waals surface area contributed by atoms with Crippen LogP contribution in [0.25, 0.3) is 0 Å². The first kappa shape index (κ1) is 10.4. The van der Waals surface area contributed by atoms with Crippen LogP contribution < -0.4 is 10.5 Å². The van der Waals surface area contributed by atoms with E-state index in [2.05, 4.69) is 0 Å². The topological polar surface area (TPSA) is 52.3 Å². The largest absolute Gasteiger partial charge is 0.488 e. The van der Waals surface area contributed by atoms with Gasteiger partial charge in [-0.2, -0.15) is 0 Å². The molecule has 3 nitrogen and oxygen atoms in total. The second-order valence-corrected chi connectivity index (χ2v) is 2.59. The van der Waals surface area contributed by atoms with E-state index < -0.39 is 18.9 Å². The summed E-state index contributed by atoms with van der Waals surface area (Å²) in [5.41, 5.74) is 5.23. The van der Waals surface area contributed by atoms with Gasteiger partial charge in [0, 0.05) is 5.56 Å². The number of carbonyl (C=O) groups is 1. The molecule has 0 unspecified atom stereocenters. The predicted molar refractivity (Wildman–Crippen MR) is 46.5 cm³/mol. The monoisotopic (exact) mass is 201 g/mol. The first-order valence-electron chi connectivity index (χ1n) is 3.90. The maximum absolute atomic E-state index is 11.8. The van der Waals surface area contributed by atoms with Gasteiger partial charge in [0.25, 0.3) is 6.43 Å². The fourth-order valence-electron chi connectivity index (χ4n) is 0.898. The Morgan fingerprint density at radius 3 is 2.79 bits per heavy atom. The molecule has 1 rings (SSSR count). The summed E-state index contributed by atoms with van der Waals surface area (Å²) >= 11 is 0. The van der Waals surface area contributed by atoms with Crippen molar-refractivity contribution < 1.29 is 18.3 Å². The molecule has 0 spiro atoms. The van der Waals surface area contributed by atoms with Gasteiger partial charge in [-0.1, -0.05) is 6.07 Å². The third kappa shape index (κ3) is 3.01. The minimum atomic E-state index is -2.53. The lowest BCUT2D eigenvalue weighted by Crippen LogP contribution is -2.11. The van der Waals surface area contributed by atoms with Gasteiger partial charge in [-0.15, -0.1) is 0 Å². The second kappa shape index (κ2) is 4.55. The van der Waals surface area contributed by atoms with Crippen LogP contribution >= 0.6 is 0 Å². The lowest BCUT2D eigenvalue weighted by molar-refractivity contribution is 0.0818. The fraction of sp³-hybridized carbons (Fsp3) is 0.222. The van der Waals surface area contributed by atoms with E-state index in [1.165, 1.54) is 24.3 Å². The highest BCUT2D eigenvalue weighted by molar-refractivity contribution is 5.93. The smallest absolute Gasteiger partial charge is 0.272 e. The maximum atomic E-state index is 11.8. The Bertz CT molecular complexity index is 328. The van der Waals surface area contributed by atoms with Gasteiger partial charge >= 0.3 is 0 Å². The molecule has 0 saturated heterocycles. The zero-order valence-corrected chi connectivity index (χ0v) is 7.24. The van der Waals surface area contributed by atoms with Crippen LogP contribution in [-0.4, -0.2) is 18.9 Å². The van der Waals surface area contributed by atoms with E-state index >= 15 is 0 Å². The van der Waals surface area contributed by atoms with Crippen molar-refractivity contribution >= 4 is 5.91 Å². The quantitative estimate of drug-likeness (QED) is 0.801. The molecule has 0 aliphatic rings. The maximum Gasteiger partial charge on any atom is 0.272 e. The van der Waals surface area contributed by atoms with Crippen LogP contribution in [0.1, 0.15) is 10.4 Å². The predicted octanol–water partition coefficient (Wildman–Crippen LogP) is 1.43. The number of carbonyl (C=O) groups excluding carboxylic acids is 1. The Labute approximate surface area is 79.5 Å². The van der Waals surface area contributed by atoms with Gasteiger partial charge < -0.3 is 10.5 Å². The Balaban J connectivity index is 2.69. The second-order valence-electron chi connectivity index (χ2n) is 2.59. The van der Waals surface area contributed by atoms with Gasteiger partial charge in [0.2, 0.25) is 5.91 Å². The van der Waals surface area contributed by atoms with Gasteiger partial charge in [0.1, 0.15) is 12.4 Å². The number of hydrogen-bond acceptors (Lipinski definition) is 2. The van der Waals surface area contributed by atoms with Crippen LogP contribution in [0.15, 0.2) is 24.3 Å². The van der Waals surface area contributed by atoms with Crippen molar-refractivity contribution in [3.63, 3.8) is 0 Å². The standard InChI is InChI=1S/C9H9F2NO2/c10-8(11)5-14-7-3-1-2-6(4-7)9(12)13/h1-4,8H,5H2,(H2,12,13). The van der Waals surface area contributed by atoms with Gasteiger partial charge in [-0.05, 0) is 18.2 Å². The average molecular weight is 201 g/mol. The van der Waals surface area contributed by atoms with E-state index in [1.807, 2.05) is 0 Å². The molecule has 2 N–H and O–H groups in total. The SMILES string of the molecule is NC(=O)c1cccc(OCC(F)F)c1. The van der Waals surface area contributed by atoms with Gasteiger partial charge in [0.15, 0.2) is 0 Å². The van der Waals surface area contributed by atoms with Gasteiger partial charge in [0.05, 0.1) is 0 Å². The summed E-state index contributed by atoms with van der Waals surface area (Å²) in [4.78, 5) is 10.7. The Morgan fingerprint density at radius 2 is 2.21 bits per heavy atom. The third-order valence-corrected chi connectivity index (χ3v) is 1.49. The summed E-state index contributed by atoms with van der Waals surface area (Å²) < 4.78 is 28.2. The molecule has 1 aromatic carbocycles. The summed E-state index contributed by atoms with van der Waals surface area (Å²) in [5, 5.41) is 0. The number of hydrogen-bond donors (Lipinski definition) is 1. The lowest BCUT2D eigenvalue weighted by Gasteiger charge is -2.05. The molecule has 0 atom stereocenters. The molecule has 0 aliphatic carbocycles. The lowest BCUT2D eigenvalue weighted by atomic mass is 10.2. The van der Waals surface area contributed by atoms with Crippen molar-refractivity contribution in [3.05, 3.63) is 29.8 Å². The van der Waals surface area contributed by atoms with Crippen LogP contribution in [0.4, 0.5) is 8.78 Å². The van der Waals surface area contributed by atoms with E-state index in [0.717, 1.165) is 0 Å². The third-order valence-electron chi connectivity index (χ3n) is 1.49. The highest BCUT2D eigenvalue weighted by Crippen LogP contribution is 2.13. The van der Waals surface area contributed by atoms with Crippen LogP contribution in [-0.2, 0) is 0 Å². The fourth-order valence-corrected chi connectivity index (χ4v) is 0.898. The van der Waals surface area contributed by atoms with Crippen molar-refractivity contribution in [2.75, 3.05) is 6.61 Å². The average Bonchev–Trinajstić information content (AvgIpc) is 2.15. The highest BCUT2D eigenvalue weighted by Gasteiger charge is 2.05. The summed E-state index contributed by atoms with van der Waals surface area (Å²) in [6.07, 6.45) is -2.53. The van der Waals surface area contributed by atoms with Crippen molar-refractivity contribution in [3.8, 4) is 5.75 Å². The van der Waals surface area contributed by atoms with E-state index in [4.69, 9.17) is 10.5 Å². The Hall–Kier alpha value is -1.65. The molecular formula is C9H9F2NO2. The van der Waals surface area contributed by atoms with E-state index in [0.29, 0.717) is 0 Å². The van der Waals surface area contributed by atoms with Crippen LogP contribution in [0.2, 0.25) is 0 Å². The number of halogens is 2. The molecule has 0 fully saturated rings. The van der Waals surface area contributed by atoms with E-state index in [1.54, 1.807) is 0 Å². The summed E-state index contributed by atoms with van der Waals surface area (Å²) in [6, 6.07) is 5.80. The van der Waals surface area contributed by atoms with Gasteiger partial charge in [-0.3, -0.25) is 4.79 Å². The van der Waals surface area contributed by atoms with E-state index in [-0.39, 0.29) is 11.3 Å². The molecule has 14 heavy (non-hydrogen) atoms. The molecule has 0 aromatic heterocycles. The van der Waals surface area contributed by atoms with Crippen molar-refractivity contribution in [2.24, 2.45) is 5.73 Å². The molecule has 0 aliphatic heterocycles. The number of ether oxygens (including phenoxy) is 1. The first-order valence-corrected chi connectivity index (χ1v) is 3.90. The molecule has 1 aromatic rings. The van der Waals surface area contributed by atoms with E-state index in [9.17, 15) is 13.6 Å². The normalized spacial score (nSPS) is 10.2. The number of amides is 1. The minimum Gasteiger partial charge on any atom is -0.488 e. The summed E-state index contributed by atoms with van der Waals surface area (Å²) in [7, 11) is 0. The summed E-state index contributed by atoms with van der Waals surface area (Å²) in [6.45, 7) is -0.692. The number of benzene rings is 1. The van der Waals surface area contributed by atoms with Crippen LogP contribution in [0.3, 0.4) is 0 Å². The molecular weight excluding hydrogens is 192 g/mol. The molecule has 0 bridgehead atoms. The zero-order valence-electron chi connectivity index (χ0n) is 7.24. The number of primary amides is 1. The molecule has 0 radical (unpaired) electrons.